The normalized spacial score (nSPS) is 10.5. The number of esters is 1. The Bertz CT molecular complexity index is 1310. The van der Waals surface area contributed by atoms with Crippen molar-refractivity contribution in [2.75, 3.05) is 0 Å². The number of ether oxygens (including phenoxy) is 2. The van der Waals surface area contributed by atoms with Crippen LogP contribution in [0.15, 0.2) is 48.5 Å². The second-order valence-corrected chi connectivity index (χ2v) is 7.24. The van der Waals surface area contributed by atoms with Crippen LogP contribution in [0.2, 0.25) is 0 Å². The van der Waals surface area contributed by atoms with E-state index in [9.17, 15) is 18.8 Å². The predicted octanol–water partition coefficient (Wildman–Crippen LogP) is 6.65. The lowest BCUT2D eigenvalue weighted by Gasteiger charge is -2.19. The molecule has 0 saturated carbocycles. The van der Waals surface area contributed by atoms with E-state index in [0.29, 0.717) is 18.4 Å². The van der Waals surface area contributed by atoms with Gasteiger partial charge >= 0.3 is 5.97 Å². The molecule has 5 nitrogen and oxygen atoms in total. The molecule has 34 heavy (non-hydrogen) atoms. The first-order valence-corrected chi connectivity index (χ1v) is 10.5. The van der Waals surface area contributed by atoms with Crippen molar-refractivity contribution in [3.63, 3.8) is 0 Å². The number of benzene rings is 3. The van der Waals surface area contributed by atoms with Crippen molar-refractivity contribution in [2.45, 2.75) is 32.8 Å². The summed E-state index contributed by atoms with van der Waals surface area (Å²) in [5, 5.41) is 18.2. The van der Waals surface area contributed by atoms with Gasteiger partial charge in [0.15, 0.2) is 11.6 Å². The summed E-state index contributed by atoms with van der Waals surface area (Å²) in [4.78, 5) is 13.0. The molecule has 0 unspecified atom stereocenters. The summed E-state index contributed by atoms with van der Waals surface area (Å²) >= 11 is 0. The molecule has 0 fully saturated rings. The second kappa shape index (κ2) is 10.5. The van der Waals surface area contributed by atoms with E-state index in [4.69, 9.17) is 14.7 Å². The van der Waals surface area contributed by atoms with Crippen molar-refractivity contribution in [1.29, 1.82) is 10.5 Å². The standard InChI is InChI=1S/C26H19F3N2O3/c1-3-16(4-2)33-26(32)18-12-8-11-17(15-9-6-5-7-10-15)24(18)34-25-22(28)20(14-31)19(13-30)21(27)23(25)29/h5-12,16H,3-4H2,1-2H3. The maximum atomic E-state index is 15.0. The maximum absolute atomic E-state index is 15.0. The van der Waals surface area contributed by atoms with E-state index < -0.39 is 46.4 Å². The zero-order valence-electron chi connectivity index (χ0n) is 18.4. The second-order valence-electron chi connectivity index (χ2n) is 7.24. The van der Waals surface area contributed by atoms with Crippen LogP contribution in [0.25, 0.3) is 11.1 Å². The average molecular weight is 464 g/mol. The summed E-state index contributed by atoms with van der Waals surface area (Å²) < 4.78 is 55.2. The number of nitrogens with zero attached hydrogens (tertiary/aromatic N) is 2. The molecular formula is C26H19F3N2O3. The van der Waals surface area contributed by atoms with Crippen LogP contribution in [0.1, 0.15) is 48.2 Å². The van der Waals surface area contributed by atoms with E-state index in [1.165, 1.54) is 18.2 Å². The van der Waals surface area contributed by atoms with E-state index in [1.54, 1.807) is 42.5 Å². The van der Waals surface area contributed by atoms with Crippen molar-refractivity contribution in [2.24, 2.45) is 0 Å². The molecular weight excluding hydrogens is 445 g/mol. The van der Waals surface area contributed by atoms with Crippen molar-refractivity contribution in [3.05, 3.63) is 82.7 Å². The van der Waals surface area contributed by atoms with Crippen LogP contribution in [-0.4, -0.2) is 12.1 Å². The molecule has 172 valence electrons. The minimum absolute atomic E-state index is 0.143. The van der Waals surface area contributed by atoms with Gasteiger partial charge in [-0.25, -0.2) is 13.6 Å². The van der Waals surface area contributed by atoms with Crippen molar-refractivity contribution in [1.82, 2.24) is 0 Å². The van der Waals surface area contributed by atoms with Gasteiger partial charge in [-0.3, -0.25) is 0 Å². The third-order valence-corrected chi connectivity index (χ3v) is 5.21. The largest absolute Gasteiger partial charge is 0.459 e. The topological polar surface area (TPSA) is 83.1 Å². The molecule has 0 spiro atoms. The van der Waals surface area contributed by atoms with Crippen LogP contribution in [0.4, 0.5) is 13.2 Å². The SMILES string of the molecule is CCC(CC)OC(=O)c1cccc(-c2ccccc2)c1Oc1c(F)c(F)c(C#N)c(C#N)c1F. The molecule has 8 heteroatoms. The number of halogens is 3. The molecule has 3 aromatic rings. The van der Waals surface area contributed by atoms with Crippen LogP contribution in [-0.2, 0) is 4.74 Å². The third-order valence-electron chi connectivity index (χ3n) is 5.21. The monoisotopic (exact) mass is 464 g/mol. The van der Waals surface area contributed by atoms with Crippen LogP contribution in [0, 0.1) is 40.1 Å². The fraction of sp³-hybridized carbons (Fsp3) is 0.192. The summed E-state index contributed by atoms with van der Waals surface area (Å²) in [5.41, 5.74) is -1.40. The zero-order valence-corrected chi connectivity index (χ0v) is 18.4. The smallest absolute Gasteiger partial charge is 0.342 e. The fourth-order valence-corrected chi connectivity index (χ4v) is 3.36. The molecule has 0 aliphatic carbocycles. The molecule has 0 N–H and O–H groups in total. The lowest BCUT2D eigenvalue weighted by molar-refractivity contribution is 0.0281. The highest BCUT2D eigenvalue weighted by Crippen LogP contribution is 2.40. The molecule has 0 bridgehead atoms. The van der Waals surface area contributed by atoms with Gasteiger partial charge in [0.25, 0.3) is 0 Å². The van der Waals surface area contributed by atoms with E-state index in [0.717, 1.165) is 0 Å². The van der Waals surface area contributed by atoms with Gasteiger partial charge in [-0.1, -0.05) is 56.3 Å². The van der Waals surface area contributed by atoms with Gasteiger partial charge in [0, 0.05) is 5.56 Å². The van der Waals surface area contributed by atoms with Crippen molar-refractivity contribution < 1.29 is 27.4 Å². The number of carbonyl (C=O) groups excluding carboxylic acids is 1. The van der Waals surface area contributed by atoms with E-state index in [2.05, 4.69) is 0 Å². The summed E-state index contributed by atoms with van der Waals surface area (Å²) in [6, 6.07) is 15.6. The first-order chi connectivity index (χ1) is 16.4. The lowest BCUT2D eigenvalue weighted by atomic mass is 10.0. The summed E-state index contributed by atoms with van der Waals surface area (Å²) in [5.74, 6) is -7.40. The molecule has 3 rings (SSSR count). The maximum Gasteiger partial charge on any atom is 0.342 e. The molecule has 0 atom stereocenters. The Labute approximate surface area is 194 Å². The van der Waals surface area contributed by atoms with Crippen molar-refractivity contribution in [3.8, 4) is 34.8 Å². The lowest BCUT2D eigenvalue weighted by Crippen LogP contribution is -2.17. The van der Waals surface area contributed by atoms with Gasteiger partial charge in [0.1, 0.15) is 40.7 Å². The van der Waals surface area contributed by atoms with Gasteiger partial charge in [0.2, 0.25) is 11.6 Å². The highest BCUT2D eigenvalue weighted by molar-refractivity contribution is 5.96. The minimum Gasteiger partial charge on any atom is -0.459 e. The van der Waals surface area contributed by atoms with Gasteiger partial charge in [-0.15, -0.1) is 0 Å². The number of hydrogen-bond acceptors (Lipinski definition) is 5. The van der Waals surface area contributed by atoms with E-state index >= 15 is 4.39 Å². The molecule has 0 aliphatic rings. The summed E-state index contributed by atoms with van der Waals surface area (Å²) in [6.45, 7) is 3.68. The number of hydrogen-bond donors (Lipinski definition) is 0. The minimum atomic E-state index is -1.80. The number of carbonyl (C=O) groups is 1. The number of rotatable bonds is 7. The quantitative estimate of drug-likeness (QED) is 0.289. The Morgan fingerprint density at radius 1 is 0.853 bits per heavy atom. The van der Waals surface area contributed by atoms with Crippen LogP contribution >= 0.6 is 0 Å². The Balaban J connectivity index is 2.25. The highest BCUT2D eigenvalue weighted by atomic mass is 19.2. The Morgan fingerprint density at radius 2 is 1.47 bits per heavy atom. The number of para-hydroxylation sites is 1. The van der Waals surface area contributed by atoms with Crippen LogP contribution < -0.4 is 4.74 Å². The Hall–Kier alpha value is -4.30. The average Bonchev–Trinajstić information content (AvgIpc) is 2.87. The summed E-state index contributed by atoms with van der Waals surface area (Å²) in [7, 11) is 0. The van der Waals surface area contributed by atoms with Gasteiger partial charge < -0.3 is 9.47 Å². The molecule has 0 aromatic heterocycles. The van der Waals surface area contributed by atoms with Crippen LogP contribution in [0.5, 0.6) is 11.5 Å². The van der Waals surface area contributed by atoms with Gasteiger partial charge in [-0.2, -0.15) is 14.9 Å². The predicted molar refractivity (Wildman–Crippen MR) is 117 cm³/mol. The van der Waals surface area contributed by atoms with Crippen LogP contribution in [0.3, 0.4) is 0 Å². The zero-order chi connectivity index (χ0) is 24.8. The molecule has 3 aromatic carbocycles. The number of nitriles is 2. The van der Waals surface area contributed by atoms with E-state index in [1.807, 2.05) is 13.8 Å². The highest BCUT2D eigenvalue weighted by Gasteiger charge is 2.29. The molecule has 0 aliphatic heterocycles. The van der Waals surface area contributed by atoms with Gasteiger partial charge in [0.05, 0.1) is 0 Å². The van der Waals surface area contributed by atoms with Crippen molar-refractivity contribution >= 4 is 5.97 Å². The van der Waals surface area contributed by atoms with E-state index in [-0.39, 0.29) is 16.9 Å². The first-order valence-electron chi connectivity index (χ1n) is 10.5. The molecule has 0 heterocycles. The Kier molecular flexibility index (Phi) is 7.55. The fourth-order valence-electron chi connectivity index (χ4n) is 3.36. The molecule has 0 amide bonds. The van der Waals surface area contributed by atoms with Gasteiger partial charge in [-0.05, 0) is 24.5 Å². The molecule has 0 saturated heterocycles. The third kappa shape index (κ3) is 4.57. The first kappa shape index (κ1) is 24.3. The molecule has 0 radical (unpaired) electrons. The summed E-state index contributed by atoms with van der Waals surface area (Å²) in [6.07, 6.45) is 0.700. The Morgan fingerprint density at radius 3 is 2.06 bits per heavy atom.